The lowest BCUT2D eigenvalue weighted by Crippen LogP contribution is -1.97. The van der Waals surface area contributed by atoms with Gasteiger partial charge in [0.2, 0.25) is 5.71 Å². The van der Waals surface area contributed by atoms with Crippen molar-refractivity contribution in [3.05, 3.63) is 53.6 Å². The van der Waals surface area contributed by atoms with Crippen LogP contribution in [0.25, 0.3) is 12.2 Å². The number of fused-ring (bicyclic) bond motifs is 2. The van der Waals surface area contributed by atoms with Crippen LogP contribution < -0.4 is 10.2 Å². The van der Waals surface area contributed by atoms with Crippen LogP contribution in [0.2, 0.25) is 0 Å². The molecule has 0 radical (unpaired) electrons. The lowest BCUT2D eigenvalue weighted by atomic mass is 10.1. The molecule has 2 aromatic carbocycles. The molecule has 3 rings (SSSR count). The molecule has 0 bridgehead atoms. The fraction of sp³-hybridized carbons (Fsp3) is 0. The van der Waals surface area contributed by atoms with E-state index >= 15 is 0 Å². The summed E-state index contributed by atoms with van der Waals surface area (Å²) in [5.74, 6) is 1.45. The zero-order valence-corrected chi connectivity index (χ0v) is 11.4. The first-order chi connectivity index (χ1) is 10.8. The van der Waals surface area contributed by atoms with Gasteiger partial charge in [-0.15, -0.1) is 0 Å². The minimum Gasteiger partial charge on any atom is -0.456 e. The van der Waals surface area contributed by atoms with Crippen molar-refractivity contribution in [2.75, 3.05) is 5.43 Å². The van der Waals surface area contributed by atoms with Crippen LogP contribution in [0.3, 0.4) is 0 Å². The number of hydrogen-bond acceptors (Lipinski definition) is 5. The molecule has 0 saturated heterocycles. The first kappa shape index (κ1) is 13.4. The van der Waals surface area contributed by atoms with Gasteiger partial charge in [-0.1, -0.05) is 30.4 Å². The van der Waals surface area contributed by atoms with Gasteiger partial charge in [0, 0.05) is 17.2 Å². The van der Waals surface area contributed by atoms with E-state index in [1.807, 2.05) is 42.5 Å². The highest BCUT2D eigenvalue weighted by molar-refractivity contribution is 6.10. The largest absolute Gasteiger partial charge is 0.456 e. The summed E-state index contributed by atoms with van der Waals surface area (Å²) in [5.41, 5.74) is 5.02. The minimum absolute atomic E-state index is 0.235. The summed E-state index contributed by atoms with van der Waals surface area (Å²) in [6, 6.07) is 16.6. The van der Waals surface area contributed by atoms with Crippen LogP contribution in [0.1, 0.15) is 11.1 Å². The van der Waals surface area contributed by atoms with E-state index in [1.165, 1.54) is 0 Å². The van der Waals surface area contributed by atoms with Crippen LogP contribution in [0.15, 0.2) is 47.6 Å². The van der Waals surface area contributed by atoms with Gasteiger partial charge in [0.05, 0.1) is 5.69 Å². The van der Waals surface area contributed by atoms with Gasteiger partial charge in [0.15, 0.2) is 0 Å². The Bertz CT molecular complexity index is 853. The third-order valence-electron chi connectivity index (χ3n) is 3.10. The molecule has 5 heteroatoms. The average Bonchev–Trinajstić information content (AvgIpc) is 2.74. The molecule has 2 aromatic rings. The summed E-state index contributed by atoms with van der Waals surface area (Å²) in [4.78, 5) is 0. The number of nitriles is 2. The summed E-state index contributed by atoms with van der Waals surface area (Å²) in [5, 5.41) is 21.0. The first-order valence-electron chi connectivity index (χ1n) is 6.53. The van der Waals surface area contributed by atoms with E-state index in [0.717, 1.165) is 16.9 Å². The molecule has 0 fully saturated rings. The molecule has 22 heavy (non-hydrogen) atoms. The average molecular weight is 286 g/mol. The van der Waals surface area contributed by atoms with E-state index in [0.29, 0.717) is 11.4 Å². The molecule has 5 nitrogen and oxygen atoms in total. The van der Waals surface area contributed by atoms with Crippen molar-refractivity contribution >= 4 is 23.6 Å². The second-order valence-electron chi connectivity index (χ2n) is 4.52. The highest BCUT2D eigenvalue weighted by Gasteiger charge is 2.10. The van der Waals surface area contributed by atoms with Crippen molar-refractivity contribution in [2.24, 2.45) is 5.10 Å². The summed E-state index contributed by atoms with van der Waals surface area (Å²) < 4.78 is 5.92. The number of ether oxygens (including phenoxy) is 1. The molecule has 0 amide bonds. The summed E-state index contributed by atoms with van der Waals surface area (Å²) >= 11 is 0. The Labute approximate surface area is 127 Å². The standard InChI is InChI=1S/C17H10N4O/c18-10-15(11-19)21-20-14-8-7-13-6-5-12-3-1-2-4-16(12)22-17(13)9-14/h1-9,20H. The predicted octanol–water partition coefficient (Wildman–Crippen LogP) is 3.78. The van der Waals surface area contributed by atoms with Crippen LogP contribution in [-0.2, 0) is 0 Å². The Morgan fingerprint density at radius 1 is 0.955 bits per heavy atom. The highest BCUT2D eigenvalue weighted by Crippen LogP contribution is 2.35. The molecule has 1 aliphatic heterocycles. The Kier molecular flexibility index (Phi) is 3.55. The molecule has 0 aliphatic carbocycles. The fourth-order valence-corrected chi connectivity index (χ4v) is 2.03. The lowest BCUT2D eigenvalue weighted by molar-refractivity contribution is 0.481. The second kappa shape index (κ2) is 5.82. The summed E-state index contributed by atoms with van der Waals surface area (Å²) in [6.45, 7) is 0. The number of hydrazone groups is 1. The van der Waals surface area contributed by atoms with Crippen LogP contribution in [0.4, 0.5) is 5.69 Å². The zero-order valence-electron chi connectivity index (χ0n) is 11.4. The van der Waals surface area contributed by atoms with Crippen molar-refractivity contribution in [3.63, 3.8) is 0 Å². The van der Waals surface area contributed by atoms with Crippen molar-refractivity contribution in [1.29, 1.82) is 10.5 Å². The van der Waals surface area contributed by atoms with E-state index in [2.05, 4.69) is 10.5 Å². The van der Waals surface area contributed by atoms with Gasteiger partial charge in [0.1, 0.15) is 23.6 Å². The quantitative estimate of drug-likeness (QED) is 0.574. The van der Waals surface area contributed by atoms with Crippen LogP contribution in [-0.4, -0.2) is 5.71 Å². The van der Waals surface area contributed by atoms with Gasteiger partial charge in [-0.25, -0.2) is 0 Å². The van der Waals surface area contributed by atoms with Crippen LogP contribution >= 0.6 is 0 Å². The maximum Gasteiger partial charge on any atom is 0.237 e. The summed E-state index contributed by atoms with van der Waals surface area (Å²) in [6.07, 6.45) is 3.97. The topological polar surface area (TPSA) is 81.2 Å². The Morgan fingerprint density at radius 3 is 2.45 bits per heavy atom. The smallest absolute Gasteiger partial charge is 0.237 e. The van der Waals surface area contributed by atoms with E-state index in [-0.39, 0.29) is 5.71 Å². The molecule has 0 saturated carbocycles. The normalized spacial score (nSPS) is 10.8. The van der Waals surface area contributed by atoms with Gasteiger partial charge < -0.3 is 4.74 Å². The van der Waals surface area contributed by atoms with Crippen molar-refractivity contribution < 1.29 is 4.74 Å². The number of hydrogen-bond donors (Lipinski definition) is 1. The molecule has 0 unspecified atom stereocenters. The van der Waals surface area contributed by atoms with E-state index in [4.69, 9.17) is 15.3 Å². The van der Waals surface area contributed by atoms with E-state index in [1.54, 1.807) is 24.3 Å². The molecule has 1 N–H and O–H groups in total. The molecule has 0 atom stereocenters. The van der Waals surface area contributed by atoms with Gasteiger partial charge >= 0.3 is 0 Å². The Hall–Kier alpha value is -3.57. The number of rotatable bonds is 2. The first-order valence-corrected chi connectivity index (χ1v) is 6.53. The number of nitrogens with zero attached hydrogens (tertiary/aromatic N) is 3. The molecular weight excluding hydrogens is 276 g/mol. The molecule has 104 valence electrons. The van der Waals surface area contributed by atoms with Crippen molar-refractivity contribution in [3.8, 4) is 23.6 Å². The van der Waals surface area contributed by atoms with Gasteiger partial charge in [0.25, 0.3) is 0 Å². The van der Waals surface area contributed by atoms with E-state index < -0.39 is 0 Å². The highest BCUT2D eigenvalue weighted by atomic mass is 16.5. The van der Waals surface area contributed by atoms with Crippen LogP contribution in [0, 0.1) is 22.7 Å². The predicted molar refractivity (Wildman–Crippen MR) is 84.2 cm³/mol. The number of nitrogens with one attached hydrogen (secondary N) is 1. The molecule has 1 aliphatic rings. The fourth-order valence-electron chi connectivity index (χ4n) is 2.03. The minimum atomic E-state index is -0.235. The molecular formula is C17H10N4O. The van der Waals surface area contributed by atoms with Gasteiger partial charge in [-0.3, -0.25) is 5.43 Å². The van der Waals surface area contributed by atoms with E-state index in [9.17, 15) is 0 Å². The number of benzene rings is 2. The van der Waals surface area contributed by atoms with Crippen molar-refractivity contribution in [1.82, 2.24) is 0 Å². The zero-order chi connectivity index (χ0) is 15.4. The monoisotopic (exact) mass is 286 g/mol. The third-order valence-corrected chi connectivity index (χ3v) is 3.10. The second-order valence-corrected chi connectivity index (χ2v) is 4.52. The number of para-hydroxylation sites is 1. The van der Waals surface area contributed by atoms with Gasteiger partial charge in [-0.2, -0.15) is 15.6 Å². The SMILES string of the molecule is N#CC(C#N)=NNc1ccc2c(c1)Oc1ccccc1C=C2. The molecule has 0 spiro atoms. The lowest BCUT2D eigenvalue weighted by Gasteiger charge is -2.10. The Morgan fingerprint density at radius 2 is 1.68 bits per heavy atom. The summed E-state index contributed by atoms with van der Waals surface area (Å²) in [7, 11) is 0. The maximum absolute atomic E-state index is 8.67. The van der Waals surface area contributed by atoms with Crippen molar-refractivity contribution in [2.45, 2.75) is 0 Å². The molecule has 0 aromatic heterocycles. The molecule has 1 heterocycles. The Balaban J connectivity index is 1.92. The van der Waals surface area contributed by atoms with Gasteiger partial charge in [-0.05, 0) is 18.2 Å². The maximum atomic E-state index is 8.67. The number of anilines is 1. The van der Waals surface area contributed by atoms with Crippen LogP contribution in [0.5, 0.6) is 11.5 Å². The third kappa shape index (κ3) is 2.65.